The Morgan fingerprint density at radius 3 is 1.07 bits per heavy atom. The van der Waals surface area contributed by atoms with Gasteiger partial charge in [-0.25, -0.2) is 0 Å². The number of ether oxygens (including phenoxy) is 10. The van der Waals surface area contributed by atoms with Crippen LogP contribution in [0.25, 0.3) is 22.3 Å². The van der Waals surface area contributed by atoms with E-state index in [4.69, 9.17) is 82.4 Å². The summed E-state index contributed by atoms with van der Waals surface area (Å²) in [7, 11) is 0. The topological polar surface area (TPSA) is 530 Å². The van der Waals surface area contributed by atoms with Crippen molar-refractivity contribution >= 4 is 82.6 Å². The van der Waals surface area contributed by atoms with E-state index in [1.54, 1.807) is 0 Å². The molecule has 0 saturated carbocycles. The van der Waals surface area contributed by atoms with E-state index < -0.39 is 179 Å². The summed E-state index contributed by atoms with van der Waals surface area (Å²) >= 11 is 0. The van der Waals surface area contributed by atoms with Gasteiger partial charge in [0.05, 0.1) is 12.7 Å². The van der Waals surface area contributed by atoms with Crippen LogP contribution < -0.4 is 29.1 Å². The van der Waals surface area contributed by atoms with Gasteiger partial charge in [0.25, 0.3) is 0 Å². The summed E-state index contributed by atoms with van der Waals surface area (Å²) < 4.78 is 67.7. The van der Waals surface area contributed by atoms with Gasteiger partial charge in [-0.15, -0.1) is 0 Å². The molecule has 3 heterocycles. The fraction of sp³-hybridized carbons (Fsp3) is 0.690. The molecule has 34 heteroatoms. The molecular weight excluding hydrogens is 1590 g/mol. The van der Waals surface area contributed by atoms with E-state index in [1.807, 2.05) is 0 Å². The SMILES string of the molecule is C[C@@H]1O[C@@H](OC[C@H]2O[C@@H](Oc3c(-c4ccc(OC(=O)CCCCCCCCC(=O)O)c(OC(=O)CCCCCCCCC(=O)O)c4)oc4cc(OC(=O)CCCCCCCCC(=O)O)cc(OC(=O)CCCCCCCCC(=O)O)c4c3=O)[C@H](O)[C@@H](OC(=O)CCCCCCCCC(=O)O)[C@@H]2OC(=O)CCCCCCCCC(=O)O)[C@H](O)[C@H](O)[C@H]1O. The summed E-state index contributed by atoms with van der Waals surface area (Å²) in [6, 6.07) is 5.87. The molecule has 0 aliphatic carbocycles. The summed E-state index contributed by atoms with van der Waals surface area (Å²) in [6.45, 7) is 0.533. The monoisotopic (exact) mass is 1710 g/mol. The second kappa shape index (κ2) is 58.0. The second-order valence-corrected chi connectivity index (χ2v) is 31.1. The van der Waals surface area contributed by atoms with E-state index in [0.29, 0.717) is 212 Å². The van der Waals surface area contributed by atoms with Crippen LogP contribution in [0.5, 0.6) is 28.7 Å². The zero-order valence-corrected chi connectivity index (χ0v) is 69.6. The van der Waals surface area contributed by atoms with Crippen molar-refractivity contribution in [1.82, 2.24) is 0 Å². The van der Waals surface area contributed by atoms with Crippen molar-refractivity contribution in [2.75, 3.05) is 6.61 Å². The maximum atomic E-state index is 16.2. The third kappa shape index (κ3) is 41.0. The number of aliphatic hydroxyl groups is 4. The van der Waals surface area contributed by atoms with Gasteiger partial charge >= 0.3 is 71.6 Å². The zero-order valence-electron chi connectivity index (χ0n) is 69.6. The number of benzene rings is 2. The molecule has 3 aromatic rings. The molecule has 678 valence electrons. The van der Waals surface area contributed by atoms with E-state index in [2.05, 4.69) is 0 Å². The average molecular weight is 1720 g/mol. The molecule has 1 aromatic heterocycles. The molecule has 0 amide bonds. The number of fused-ring (bicyclic) bond motifs is 1. The largest absolute Gasteiger partial charge is 0.481 e. The van der Waals surface area contributed by atoms with Gasteiger partial charge in [0.1, 0.15) is 46.9 Å². The molecule has 5 rings (SSSR count). The minimum atomic E-state index is -2.30. The van der Waals surface area contributed by atoms with Crippen molar-refractivity contribution in [2.45, 2.75) is 377 Å². The van der Waals surface area contributed by atoms with Crippen molar-refractivity contribution in [1.29, 1.82) is 0 Å². The Bertz CT molecular complexity index is 3790. The number of carboxylic acids is 6. The van der Waals surface area contributed by atoms with Crippen molar-refractivity contribution in [2.24, 2.45) is 0 Å². The van der Waals surface area contributed by atoms with Gasteiger partial charge in [0, 0.05) is 94.7 Å². The van der Waals surface area contributed by atoms with E-state index >= 15 is 4.79 Å². The first-order chi connectivity index (χ1) is 58.0. The predicted molar refractivity (Wildman–Crippen MR) is 431 cm³/mol. The molecular formula is C87H126O34. The summed E-state index contributed by atoms with van der Waals surface area (Å²) in [4.78, 5) is 167. The molecule has 0 unspecified atom stereocenters. The van der Waals surface area contributed by atoms with Crippen LogP contribution in [0.3, 0.4) is 0 Å². The molecule has 2 fully saturated rings. The van der Waals surface area contributed by atoms with Crippen LogP contribution in [0, 0.1) is 0 Å². The van der Waals surface area contributed by atoms with Crippen molar-refractivity contribution in [3.05, 3.63) is 40.6 Å². The maximum Gasteiger partial charge on any atom is 0.311 e. The summed E-state index contributed by atoms with van der Waals surface area (Å²) in [5.41, 5.74) is -1.88. The lowest BCUT2D eigenvalue weighted by atomic mass is 9.97. The third-order valence-electron chi connectivity index (χ3n) is 20.7. The molecule has 2 aromatic carbocycles. The van der Waals surface area contributed by atoms with Gasteiger partial charge in [-0.1, -0.05) is 154 Å². The Hall–Kier alpha value is -9.19. The standard InChI is InChI=1S/C87H126O34/c1-56-77(106)79(108)80(109)86(112-56)111-55-63-83(119-74(104)48-36-24-12-6-18-30-42-68(96)97)85(120-75(105)49-37-25-13-7-19-31-43-69(98)99)81(110)87(118-63)121-84-78(107)76-61(116-73(103)47-35-23-11-5-17-29-41-67(94)95)53-58(113-70(100)44-32-20-8-2-14-26-38-64(88)89)54-62(76)117-82(84)57-50-51-59(114-71(101)45-33-21-9-3-15-27-39-65(90)91)60(52-57)115-72(102)46-34-22-10-4-16-28-40-66(92)93/h50-54,56,63,77,79-81,83,85-87,106,108-110H,2-49,55H2,1H3,(H,88,89)(H,90,91)(H,92,93)(H,94,95)(H,96,97)(H,98,99)/t56-,63+,77-,79+,80+,81+,83+,85+,86+,87-/m0/s1. The number of rotatable bonds is 66. The van der Waals surface area contributed by atoms with Crippen LogP contribution in [0.15, 0.2) is 39.5 Å². The second-order valence-electron chi connectivity index (χ2n) is 31.1. The lowest BCUT2D eigenvalue weighted by molar-refractivity contribution is -0.320. The summed E-state index contributed by atoms with van der Waals surface area (Å²) in [5.74, 6) is -13.7. The van der Waals surface area contributed by atoms with Crippen molar-refractivity contribution in [3.63, 3.8) is 0 Å². The van der Waals surface area contributed by atoms with Gasteiger partial charge in [-0.2, -0.15) is 0 Å². The molecule has 10 N–H and O–H groups in total. The highest BCUT2D eigenvalue weighted by atomic mass is 16.7. The Morgan fingerprint density at radius 2 is 0.678 bits per heavy atom. The van der Waals surface area contributed by atoms with Gasteiger partial charge in [0.2, 0.25) is 17.5 Å². The van der Waals surface area contributed by atoms with E-state index in [9.17, 15) is 78.0 Å². The van der Waals surface area contributed by atoms with Crippen LogP contribution >= 0.6 is 0 Å². The van der Waals surface area contributed by atoms with E-state index in [-0.39, 0.29) is 113 Å². The Balaban J connectivity index is 1.73. The lowest BCUT2D eigenvalue weighted by Crippen LogP contribution is -2.63. The van der Waals surface area contributed by atoms with Crippen LogP contribution in [0.4, 0.5) is 0 Å². The van der Waals surface area contributed by atoms with Crippen LogP contribution in [0.1, 0.15) is 315 Å². The number of hydrogen-bond donors (Lipinski definition) is 10. The Labute approximate surface area is 703 Å². The number of hydrogen-bond acceptors (Lipinski definition) is 28. The number of unbranched alkanes of at least 4 members (excludes halogenated alkanes) is 30. The number of carbonyl (C=O) groups excluding carboxylic acids is 6. The number of carboxylic acid groups (broad SMARTS) is 6. The molecule has 2 saturated heterocycles. The highest BCUT2D eigenvalue weighted by Crippen LogP contribution is 2.42. The highest BCUT2D eigenvalue weighted by molar-refractivity contribution is 5.92. The predicted octanol–water partition coefficient (Wildman–Crippen LogP) is 13.4. The van der Waals surface area contributed by atoms with Crippen LogP contribution in [0.2, 0.25) is 0 Å². The van der Waals surface area contributed by atoms with E-state index in [0.717, 1.165) is 18.2 Å². The summed E-state index contributed by atoms with van der Waals surface area (Å²) in [5, 5.41) is 99.8. The fourth-order valence-corrected chi connectivity index (χ4v) is 14.0. The number of esters is 6. The van der Waals surface area contributed by atoms with Crippen molar-refractivity contribution in [3.8, 4) is 40.1 Å². The minimum Gasteiger partial charge on any atom is -0.481 e. The van der Waals surface area contributed by atoms with E-state index in [1.165, 1.54) is 19.1 Å². The molecule has 2 aliphatic heterocycles. The molecule has 10 atom stereocenters. The average Bonchev–Trinajstić information content (AvgIpc) is 0.747. The third-order valence-corrected chi connectivity index (χ3v) is 20.7. The quantitative estimate of drug-likeness (QED) is 0.0142. The summed E-state index contributed by atoms with van der Waals surface area (Å²) in [6.07, 6.45) is -0.621. The zero-order chi connectivity index (χ0) is 88.4. The normalized spacial score (nSPS) is 18.9. The molecule has 0 radical (unpaired) electrons. The molecule has 2 aliphatic rings. The lowest BCUT2D eigenvalue weighted by Gasteiger charge is -2.44. The number of carbonyl (C=O) groups is 12. The first kappa shape index (κ1) is 102. The molecule has 121 heavy (non-hydrogen) atoms. The van der Waals surface area contributed by atoms with Crippen LogP contribution in [-0.4, -0.2) is 191 Å². The minimum absolute atomic E-state index is 0.00200. The van der Waals surface area contributed by atoms with Gasteiger partial charge in [-0.05, 0) is 102 Å². The first-order valence-corrected chi connectivity index (χ1v) is 43.1. The van der Waals surface area contributed by atoms with Gasteiger partial charge in [0.15, 0.2) is 41.9 Å². The molecule has 0 bridgehead atoms. The fourth-order valence-electron chi connectivity index (χ4n) is 14.0. The first-order valence-electron chi connectivity index (χ1n) is 43.1. The van der Waals surface area contributed by atoms with Gasteiger partial charge < -0.3 is 103 Å². The molecule has 0 spiro atoms. The van der Waals surface area contributed by atoms with Gasteiger partial charge in [-0.3, -0.25) is 62.3 Å². The molecule has 34 nitrogen and oxygen atoms in total. The van der Waals surface area contributed by atoms with Crippen molar-refractivity contribution < 1.29 is 160 Å². The number of aliphatic hydroxyl groups excluding tert-OH is 4. The Morgan fingerprint density at radius 1 is 0.339 bits per heavy atom. The Kier molecular flexibility index (Phi) is 49.0. The maximum absolute atomic E-state index is 16.2. The highest BCUT2D eigenvalue weighted by Gasteiger charge is 2.53. The van der Waals surface area contributed by atoms with Crippen LogP contribution in [-0.2, 0) is 81.2 Å². The number of aliphatic carboxylic acids is 6. The smallest absolute Gasteiger partial charge is 0.311 e.